The summed E-state index contributed by atoms with van der Waals surface area (Å²) in [6.45, 7) is 2.14. The fourth-order valence-electron chi connectivity index (χ4n) is 2.58. The number of benzene rings is 2. The van der Waals surface area contributed by atoms with E-state index in [0.29, 0.717) is 22.3 Å². The molecule has 0 fully saturated rings. The van der Waals surface area contributed by atoms with Crippen LogP contribution in [-0.2, 0) is 4.74 Å². The number of carbonyl (C=O) groups excluding carboxylic acids is 2. The Balaban J connectivity index is 2.26. The number of ether oxygens (including phenoxy) is 2. The number of methoxy groups -OCH3 is 1. The van der Waals surface area contributed by atoms with Gasteiger partial charge in [-0.05, 0) is 24.3 Å². The second-order valence-corrected chi connectivity index (χ2v) is 6.17. The van der Waals surface area contributed by atoms with Gasteiger partial charge in [0.05, 0.1) is 23.1 Å². The lowest BCUT2D eigenvalue weighted by atomic mass is 9.97. The second-order valence-electron chi connectivity index (χ2n) is 5.06. The van der Waals surface area contributed by atoms with Gasteiger partial charge in [-0.15, -0.1) is 11.8 Å². The van der Waals surface area contributed by atoms with Crippen molar-refractivity contribution in [1.29, 1.82) is 0 Å². The lowest BCUT2D eigenvalue weighted by molar-refractivity contribution is 0.0391. The molecule has 0 amide bonds. The van der Waals surface area contributed by atoms with Crippen LogP contribution in [0.4, 0.5) is 0 Å². The smallest absolute Gasteiger partial charge is 0.346 e. The Hall–Kier alpha value is -2.01. The van der Waals surface area contributed by atoms with Crippen molar-refractivity contribution in [2.45, 2.75) is 24.7 Å². The number of rotatable bonds is 5. The summed E-state index contributed by atoms with van der Waals surface area (Å²) in [4.78, 5) is 24.9. The number of thioether (sulfide) groups is 1. The Kier molecular flexibility index (Phi) is 4.07. The van der Waals surface area contributed by atoms with E-state index >= 15 is 0 Å². The minimum absolute atomic E-state index is 0.391. The molecule has 0 radical (unpaired) electrons. The Bertz CT molecular complexity index is 767. The van der Waals surface area contributed by atoms with Gasteiger partial charge in [-0.1, -0.05) is 25.5 Å². The van der Waals surface area contributed by atoms with E-state index in [0.717, 1.165) is 28.9 Å². The lowest BCUT2D eigenvalue weighted by Gasteiger charge is -2.19. The third-order valence-corrected chi connectivity index (χ3v) is 4.87. The molecule has 3 rings (SSSR count). The molecule has 22 heavy (non-hydrogen) atoms. The highest BCUT2D eigenvalue weighted by Gasteiger charge is 2.29. The van der Waals surface area contributed by atoms with Gasteiger partial charge in [-0.3, -0.25) is 0 Å². The number of hydrogen-bond acceptors (Lipinski definition) is 5. The highest BCUT2D eigenvalue weighted by Crippen LogP contribution is 2.41. The first kappa shape index (κ1) is 14.9. The number of cyclic esters (lactones) is 2. The molecule has 1 heterocycles. The summed E-state index contributed by atoms with van der Waals surface area (Å²) in [5.74, 6) is 0.408. The van der Waals surface area contributed by atoms with Crippen molar-refractivity contribution in [2.75, 3.05) is 12.9 Å². The van der Waals surface area contributed by atoms with Crippen LogP contribution in [0, 0.1) is 0 Å². The first-order chi connectivity index (χ1) is 10.7. The highest BCUT2D eigenvalue weighted by atomic mass is 32.2. The summed E-state index contributed by atoms with van der Waals surface area (Å²) >= 11 is 1.69. The van der Waals surface area contributed by atoms with Gasteiger partial charge in [0, 0.05) is 10.8 Å². The highest BCUT2D eigenvalue weighted by molar-refractivity contribution is 7.99. The van der Waals surface area contributed by atoms with Crippen LogP contribution in [0.25, 0.3) is 10.8 Å². The van der Waals surface area contributed by atoms with Gasteiger partial charge in [0.25, 0.3) is 0 Å². The predicted octanol–water partition coefficient (Wildman–Crippen LogP) is 4.05. The van der Waals surface area contributed by atoms with E-state index in [9.17, 15) is 9.59 Å². The van der Waals surface area contributed by atoms with E-state index in [4.69, 9.17) is 9.47 Å². The molecular formula is C17H16O4S. The molecule has 0 aromatic heterocycles. The zero-order chi connectivity index (χ0) is 15.7. The number of unbranched alkanes of at least 4 members (excludes halogenated alkanes) is 1. The van der Waals surface area contributed by atoms with E-state index in [1.54, 1.807) is 31.0 Å². The maximum atomic E-state index is 12.0. The van der Waals surface area contributed by atoms with Gasteiger partial charge >= 0.3 is 11.9 Å². The standard InChI is InChI=1S/C17H16O4S/c1-3-4-8-22-15-10-6-5-7-11-14(10)12(9-13(15)20-2)17(19)21-16(11)18/h5-7,9H,3-4,8H2,1-2H3. The maximum Gasteiger partial charge on any atom is 0.346 e. The third kappa shape index (κ3) is 2.35. The Labute approximate surface area is 132 Å². The van der Waals surface area contributed by atoms with E-state index in [2.05, 4.69) is 6.92 Å². The predicted molar refractivity (Wildman–Crippen MR) is 85.9 cm³/mol. The quantitative estimate of drug-likeness (QED) is 0.360. The van der Waals surface area contributed by atoms with Gasteiger partial charge in [-0.2, -0.15) is 0 Å². The molecule has 0 atom stereocenters. The summed E-state index contributed by atoms with van der Waals surface area (Å²) in [5.41, 5.74) is 0.828. The molecule has 0 spiro atoms. The minimum atomic E-state index is -0.614. The molecule has 0 bridgehead atoms. The first-order valence-corrected chi connectivity index (χ1v) is 8.19. The van der Waals surface area contributed by atoms with E-state index in [1.807, 2.05) is 12.1 Å². The van der Waals surface area contributed by atoms with Crippen LogP contribution in [0.15, 0.2) is 29.2 Å². The van der Waals surface area contributed by atoms with E-state index < -0.39 is 11.9 Å². The van der Waals surface area contributed by atoms with Crippen LogP contribution in [0.5, 0.6) is 5.75 Å². The third-order valence-electron chi connectivity index (χ3n) is 3.67. The average molecular weight is 316 g/mol. The summed E-state index contributed by atoms with van der Waals surface area (Å²) in [6, 6.07) is 7.09. The SMILES string of the molecule is CCCCSc1c(OC)cc2c3c(cccc13)C(=O)OC2=O. The van der Waals surface area contributed by atoms with Crippen molar-refractivity contribution in [2.24, 2.45) is 0 Å². The van der Waals surface area contributed by atoms with Crippen molar-refractivity contribution in [3.63, 3.8) is 0 Å². The molecule has 114 valence electrons. The summed E-state index contributed by atoms with van der Waals surface area (Å²) in [6.07, 6.45) is 2.21. The Morgan fingerprint density at radius 2 is 1.95 bits per heavy atom. The van der Waals surface area contributed by atoms with Gasteiger partial charge in [0.15, 0.2) is 0 Å². The molecule has 2 aromatic rings. The molecule has 4 nitrogen and oxygen atoms in total. The van der Waals surface area contributed by atoms with Gasteiger partial charge in [0.1, 0.15) is 5.75 Å². The normalized spacial score (nSPS) is 13.4. The van der Waals surface area contributed by atoms with Crippen LogP contribution < -0.4 is 4.74 Å². The Morgan fingerprint density at radius 3 is 2.68 bits per heavy atom. The fraction of sp³-hybridized carbons (Fsp3) is 0.294. The van der Waals surface area contributed by atoms with Gasteiger partial charge in [0.2, 0.25) is 0 Å². The Morgan fingerprint density at radius 1 is 1.18 bits per heavy atom. The maximum absolute atomic E-state index is 12.0. The molecule has 0 N–H and O–H groups in total. The van der Waals surface area contributed by atoms with Crippen molar-refractivity contribution < 1.29 is 19.1 Å². The van der Waals surface area contributed by atoms with Crippen molar-refractivity contribution in [1.82, 2.24) is 0 Å². The molecule has 0 unspecified atom stereocenters. The van der Waals surface area contributed by atoms with Crippen molar-refractivity contribution >= 4 is 34.5 Å². The summed E-state index contributed by atoms with van der Waals surface area (Å²) in [5, 5.41) is 1.54. The van der Waals surface area contributed by atoms with Crippen molar-refractivity contribution in [3.8, 4) is 5.75 Å². The molecule has 1 aliphatic rings. The molecule has 2 aromatic carbocycles. The van der Waals surface area contributed by atoms with Gasteiger partial charge in [-0.25, -0.2) is 9.59 Å². The minimum Gasteiger partial charge on any atom is -0.496 e. The molecule has 0 aliphatic carbocycles. The zero-order valence-corrected chi connectivity index (χ0v) is 13.3. The fourth-order valence-corrected chi connectivity index (χ4v) is 3.82. The lowest BCUT2D eigenvalue weighted by Crippen LogP contribution is -2.19. The van der Waals surface area contributed by atoms with Crippen LogP contribution in [0.2, 0.25) is 0 Å². The van der Waals surface area contributed by atoms with Crippen molar-refractivity contribution in [3.05, 3.63) is 35.4 Å². The van der Waals surface area contributed by atoms with E-state index in [-0.39, 0.29) is 0 Å². The molecule has 5 heteroatoms. The monoisotopic (exact) mass is 316 g/mol. The second kappa shape index (κ2) is 6.01. The van der Waals surface area contributed by atoms with Crippen LogP contribution in [-0.4, -0.2) is 24.8 Å². The number of carbonyl (C=O) groups is 2. The number of hydrogen-bond donors (Lipinski definition) is 0. The summed E-state index contributed by atoms with van der Waals surface area (Å²) < 4.78 is 10.3. The first-order valence-electron chi connectivity index (χ1n) is 7.20. The van der Waals surface area contributed by atoms with E-state index in [1.165, 1.54) is 0 Å². The van der Waals surface area contributed by atoms with Crippen LogP contribution in [0.1, 0.15) is 40.5 Å². The molecule has 0 saturated carbocycles. The number of esters is 2. The average Bonchev–Trinajstić information content (AvgIpc) is 2.53. The summed E-state index contributed by atoms with van der Waals surface area (Å²) in [7, 11) is 1.58. The molecule has 0 saturated heterocycles. The van der Waals surface area contributed by atoms with Crippen LogP contribution in [0.3, 0.4) is 0 Å². The van der Waals surface area contributed by atoms with Gasteiger partial charge < -0.3 is 9.47 Å². The molecular weight excluding hydrogens is 300 g/mol. The topological polar surface area (TPSA) is 52.6 Å². The molecule has 1 aliphatic heterocycles. The van der Waals surface area contributed by atoms with Crippen LogP contribution >= 0.6 is 11.8 Å². The zero-order valence-electron chi connectivity index (χ0n) is 12.5. The largest absolute Gasteiger partial charge is 0.496 e.